The van der Waals surface area contributed by atoms with Crippen LogP contribution in [0.5, 0.6) is 0 Å². The summed E-state index contributed by atoms with van der Waals surface area (Å²) >= 11 is 1.63. The van der Waals surface area contributed by atoms with Crippen LogP contribution in [0.1, 0.15) is 11.9 Å². The second-order valence-electron chi connectivity index (χ2n) is 4.41. The summed E-state index contributed by atoms with van der Waals surface area (Å²) in [4.78, 5) is 4.93. The van der Waals surface area contributed by atoms with Gasteiger partial charge in [-0.05, 0) is 19.2 Å². The van der Waals surface area contributed by atoms with Gasteiger partial charge < -0.3 is 5.32 Å². The fourth-order valence-corrected chi connectivity index (χ4v) is 3.48. The lowest BCUT2D eigenvalue weighted by Gasteiger charge is -2.02. The van der Waals surface area contributed by atoms with Gasteiger partial charge in [-0.25, -0.2) is 13.4 Å². The fourth-order valence-electron chi connectivity index (χ4n) is 1.79. The van der Waals surface area contributed by atoms with Gasteiger partial charge in [0.1, 0.15) is 0 Å². The average Bonchev–Trinajstić information content (AvgIpc) is 2.94. The summed E-state index contributed by atoms with van der Waals surface area (Å²) in [6, 6.07) is 6.94. The zero-order chi connectivity index (χ0) is 14.6. The summed E-state index contributed by atoms with van der Waals surface area (Å²) in [5, 5.41) is 6.19. The molecule has 0 radical (unpaired) electrons. The summed E-state index contributed by atoms with van der Waals surface area (Å²) in [5.41, 5.74) is 1.86. The Morgan fingerprint density at radius 3 is 2.55 bits per heavy atom. The van der Waals surface area contributed by atoms with Crippen molar-refractivity contribution < 1.29 is 8.42 Å². The number of benzene rings is 1. The number of thiazole rings is 1. The van der Waals surface area contributed by atoms with Crippen molar-refractivity contribution in [3.63, 3.8) is 0 Å². The van der Waals surface area contributed by atoms with E-state index in [0.29, 0.717) is 4.90 Å². The van der Waals surface area contributed by atoms with E-state index in [0.717, 1.165) is 29.2 Å². The number of likely N-dealkylation sites (N-methyl/N-ethyl adjacent to an activating group) is 1. The van der Waals surface area contributed by atoms with E-state index in [2.05, 4.69) is 10.3 Å². The molecular weight excluding hydrogens is 292 g/mol. The third-order valence-corrected chi connectivity index (χ3v) is 5.69. The van der Waals surface area contributed by atoms with Crippen molar-refractivity contribution in [2.24, 2.45) is 0 Å². The van der Waals surface area contributed by atoms with E-state index >= 15 is 0 Å². The lowest BCUT2D eigenvalue weighted by molar-refractivity contribution is 0.597. The van der Waals surface area contributed by atoms with E-state index in [1.807, 2.05) is 24.6 Å². The molecule has 0 aliphatic carbocycles. The van der Waals surface area contributed by atoms with Crippen molar-refractivity contribution in [2.75, 3.05) is 19.3 Å². The van der Waals surface area contributed by atoms with Gasteiger partial charge in [0, 0.05) is 23.9 Å². The van der Waals surface area contributed by atoms with E-state index in [-0.39, 0.29) is 5.75 Å². The molecule has 0 fully saturated rings. The largest absolute Gasteiger partial charge is 0.319 e. The van der Waals surface area contributed by atoms with Gasteiger partial charge in [-0.15, -0.1) is 11.3 Å². The molecule has 1 N–H and O–H groups in total. The predicted molar refractivity (Wildman–Crippen MR) is 82.9 cm³/mol. The Morgan fingerprint density at radius 1 is 1.25 bits per heavy atom. The van der Waals surface area contributed by atoms with Gasteiger partial charge >= 0.3 is 0 Å². The Hall–Kier alpha value is -1.24. The minimum atomic E-state index is -3.13. The SMILES string of the molecule is CCS(=O)(=O)c1ccc(-c2csc(CCNC)n2)cc1. The number of sulfone groups is 1. The van der Waals surface area contributed by atoms with E-state index in [1.54, 1.807) is 30.4 Å². The van der Waals surface area contributed by atoms with Crippen LogP contribution in [-0.2, 0) is 16.3 Å². The van der Waals surface area contributed by atoms with Gasteiger partial charge in [-0.2, -0.15) is 0 Å². The molecule has 1 heterocycles. The lowest BCUT2D eigenvalue weighted by atomic mass is 10.2. The predicted octanol–water partition coefficient (Wildman–Crippen LogP) is 2.37. The van der Waals surface area contributed by atoms with Gasteiger partial charge in [-0.1, -0.05) is 19.1 Å². The van der Waals surface area contributed by atoms with Crippen LogP contribution in [-0.4, -0.2) is 32.7 Å². The smallest absolute Gasteiger partial charge is 0.178 e. The summed E-state index contributed by atoms with van der Waals surface area (Å²) < 4.78 is 23.5. The van der Waals surface area contributed by atoms with Gasteiger partial charge in [0.05, 0.1) is 21.3 Å². The van der Waals surface area contributed by atoms with Crippen molar-refractivity contribution in [3.05, 3.63) is 34.7 Å². The minimum absolute atomic E-state index is 0.122. The maximum absolute atomic E-state index is 11.8. The molecular formula is C14H18N2O2S2. The van der Waals surface area contributed by atoms with Crippen LogP contribution in [0.15, 0.2) is 34.5 Å². The lowest BCUT2D eigenvalue weighted by Crippen LogP contribution is -2.09. The van der Waals surface area contributed by atoms with Crippen molar-refractivity contribution in [3.8, 4) is 11.3 Å². The Morgan fingerprint density at radius 2 is 1.95 bits per heavy atom. The molecule has 4 nitrogen and oxygen atoms in total. The Labute approximate surface area is 123 Å². The molecule has 0 atom stereocenters. The number of rotatable bonds is 6. The molecule has 0 saturated heterocycles. The first-order chi connectivity index (χ1) is 9.56. The maximum atomic E-state index is 11.8. The highest BCUT2D eigenvalue weighted by atomic mass is 32.2. The molecule has 0 amide bonds. The maximum Gasteiger partial charge on any atom is 0.178 e. The van der Waals surface area contributed by atoms with Crippen LogP contribution in [0, 0.1) is 0 Å². The molecule has 6 heteroatoms. The summed E-state index contributed by atoms with van der Waals surface area (Å²) in [5.74, 6) is 0.122. The highest BCUT2D eigenvalue weighted by molar-refractivity contribution is 7.91. The second kappa shape index (κ2) is 6.47. The molecule has 20 heavy (non-hydrogen) atoms. The molecule has 2 rings (SSSR count). The zero-order valence-electron chi connectivity index (χ0n) is 11.6. The van der Waals surface area contributed by atoms with E-state index in [4.69, 9.17) is 0 Å². The Bertz CT molecular complexity index is 661. The molecule has 0 saturated carbocycles. The first-order valence-corrected chi connectivity index (χ1v) is 9.02. The third-order valence-electron chi connectivity index (χ3n) is 3.03. The quantitative estimate of drug-likeness (QED) is 0.890. The van der Waals surface area contributed by atoms with Crippen LogP contribution in [0.3, 0.4) is 0 Å². The molecule has 108 valence electrons. The van der Waals surface area contributed by atoms with Gasteiger partial charge in [0.15, 0.2) is 9.84 Å². The van der Waals surface area contributed by atoms with E-state index in [9.17, 15) is 8.42 Å². The molecule has 0 aliphatic heterocycles. The monoisotopic (exact) mass is 310 g/mol. The van der Waals surface area contributed by atoms with Crippen molar-refractivity contribution in [1.82, 2.24) is 10.3 Å². The van der Waals surface area contributed by atoms with Crippen molar-refractivity contribution in [1.29, 1.82) is 0 Å². The molecule has 1 aromatic heterocycles. The van der Waals surface area contributed by atoms with Crippen LogP contribution in [0.25, 0.3) is 11.3 Å². The van der Waals surface area contributed by atoms with Gasteiger partial charge in [-0.3, -0.25) is 0 Å². The summed E-state index contributed by atoms with van der Waals surface area (Å²) in [6.45, 7) is 2.55. The third kappa shape index (κ3) is 3.45. The van der Waals surface area contributed by atoms with Gasteiger partial charge in [0.2, 0.25) is 0 Å². The Kier molecular flexibility index (Phi) is 4.91. The molecule has 2 aromatic rings. The van der Waals surface area contributed by atoms with Crippen LogP contribution >= 0.6 is 11.3 Å². The van der Waals surface area contributed by atoms with Crippen LogP contribution in [0.4, 0.5) is 0 Å². The zero-order valence-corrected chi connectivity index (χ0v) is 13.2. The molecule has 1 aromatic carbocycles. The molecule has 0 aliphatic rings. The summed E-state index contributed by atoms with van der Waals surface area (Å²) in [6.07, 6.45) is 0.906. The van der Waals surface area contributed by atoms with Crippen molar-refractivity contribution in [2.45, 2.75) is 18.2 Å². The highest BCUT2D eigenvalue weighted by Gasteiger charge is 2.11. The standard InChI is InChI=1S/C14H18N2O2S2/c1-3-20(17,18)12-6-4-11(5-7-12)13-10-19-14(16-13)8-9-15-2/h4-7,10,15H,3,8-9H2,1-2H3. The van der Waals surface area contributed by atoms with E-state index < -0.39 is 9.84 Å². The number of aromatic nitrogens is 1. The van der Waals surface area contributed by atoms with Crippen LogP contribution in [0.2, 0.25) is 0 Å². The first-order valence-electron chi connectivity index (χ1n) is 6.49. The average molecular weight is 310 g/mol. The molecule has 0 bridgehead atoms. The molecule has 0 unspecified atom stereocenters. The van der Waals surface area contributed by atoms with Gasteiger partial charge in [0.25, 0.3) is 0 Å². The Balaban J connectivity index is 2.20. The first kappa shape index (κ1) is 15.2. The number of nitrogens with one attached hydrogen (secondary N) is 1. The van der Waals surface area contributed by atoms with Crippen molar-refractivity contribution >= 4 is 21.2 Å². The minimum Gasteiger partial charge on any atom is -0.319 e. The molecule has 0 spiro atoms. The topological polar surface area (TPSA) is 59.1 Å². The fraction of sp³-hybridized carbons (Fsp3) is 0.357. The normalized spacial score (nSPS) is 11.7. The van der Waals surface area contributed by atoms with Crippen LogP contribution < -0.4 is 5.32 Å². The number of hydrogen-bond acceptors (Lipinski definition) is 5. The van der Waals surface area contributed by atoms with E-state index in [1.165, 1.54) is 0 Å². The second-order valence-corrected chi connectivity index (χ2v) is 7.63. The number of hydrogen-bond donors (Lipinski definition) is 1. The summed E-state index contributed by atoms with van der Waals surface area (Å²) in [7, 11) is -1.21. The number of nitrogens with zero attached hydrogens (tertiary/aromatic N) is 1. The highest BCUT2D eigenvalue weighted by Crippen LogP contribution is 2.23.